The van der Waals surface area contributed by atoms with E-state index in [0.717, 1.165) is 21.1 Å². The Balaban J connectivity index is 0.00000243. The zero-order valence-electron chi connectivity index (χ0n) is 15.3. The second-order valence-electron chi connectivity index (χ2n) is 6.06. The van der Waals surface area contributed by atoms with E-state index in [-0.39, 0.29) is 28.8 Å². The number of fused-ring (bicyclic) bond motifs is 1. The molecule has 3 rings (SSSR count). The van der Waals surface area contributed by atoms with Gasteiger partial charge in [0, 0.05) is 5.56 Å². The molecule has 0 saturated heterocycles. The molecule has 1 aromatic heterocycles. The lowest BCUT2D eigenvalue weighted by atomic mass is 10.1. The number of carbonyl (C=O) groups is 1. The van der Waals surface area contributed by atoms with Gasteiger partial charge in [0.1, 0.15) is 5.75 Å². The predicted molar refractivity (Wildman–Crippen MR) is 104 cm³/mol. The molecule has 1 atom stereocenters. The van der Waals surface area contributed by atoms with Crippen LogP contribution in [0.15, 0.2) is 36.4 Å². The molecule has 0 aliphatic rings. The van der Waals surface area contributed by atoms with Crippen LogP contribution in [-0.4, -0.2) is 23.4 Å². The van der Waals surface area contributed by atoms with E-state index in [2.05, 4.69) is 36.3 Å². The maximum absolute atomic E-state index is 12.6. The summed E-state index contributed by atoms with van der Waals surface area (Å²) in [4.78, 5) is 17.3. The van der Waals surface area contributed by atoms with E-state index in [0.29, 0.717) is 12.2 Å². The fraction of sp³-hybridized carbons (Fsp3) is 0.300. The van der Waals surface area contributed by atoms with Crippen molar-refractivity contribution in [2.24, 2.45) is 0 Å². The van der Waals surface area contributed by atoms with Gasteiger partial charge in [0.25, 0.3) is 0 Å². The lowest BCUT2D eigenvalue weighted by Gasteiger charge is -2.12. The van der Waals surface area contributed by atoms with Crippen molar-refractivity contribution in [1.29, 1.82) is 0 Å². The molecule has 1 unspecified atom stereocenters. The molecule has 1 N–H and O–H groups in total. The fourth-order valence-corrected chi connectivity index (χ4v) is 3.68. The third-order valence-corrected chi connectivity index (χ3v) is 5.22. The summed E-state index contributed by atoms with van der Waals surface area (Å²) in [6.07, 6.45) is 0. The first-order chi connectivity index (χ1) is 12.0. The van der Waals surface area contributed by atoms with Gasteiger partial charge in [-0.3, -0.25) is 4.79 Å². The summed E-state index contributed by atoms with van der Waals surface area (Å²) < 4.78 is 6.55. The van der Waals surface area contributed by atoms with Gasteiger partial charge in [-0.05, 0) is 69.2 Å². The summed E-state index contributed by atoms with van der Waals surface area (Å²) in [7, 11) is 0. The number of halogens is 1. The van der Waals surface area contributed by atoms with Crippen molar-refractivity contribution in [3.05, 3.63) is 53.1 Å². The van der Waals surface area contributed by atoms with Crippen LogP contribution in [0.1, 0.15) is 35.3 Å². The first-order valence-corrected chi connectivity index (χ1v) is 9.21. The highest BCUT2D eigenvalue weighted by Gasteiger charge is 2.17. The van der Waals surface area contributed by atoms with Gasteiger partial charge in [0.15, 0.2) is 10.9 Å². The van der Waals surface area contributed by atoms with E-state index >= 15 is 0 Å². The molecule has 26 heavy (non-hydrogen) atoms. The molecule has 4 nitrogen and oxygen atoms in total. The van der Waals surface area contributed by atoms with Gasteiger partial charge in [0.2, 0.25) is 0 Å². The van der Waals surface area contributed by atoms with E-state index in [1.165, 1.54) is 11.1 Å². The molecule has 0 aliphatic heterocycles. The number of aryl methyl sites for hydroxylation is 2. The Morgan fingerprint density at radius 1 is 1.19 bits per heavy atom. The summed E-state index contributed by atoms with van der Waals surface area (Å²) in [5.41, 5.74) is 4.08. The summed E-state index contributed by atoms with van der Waals surface area (Å²) in [6.45, 7) is 8.58. The maximum Gasteiger partial charge on any atom is 0.184 e. The van der Waals surface area contributed by atoms with Crippen molar-refractivity contribution in [1.82, 2.24) is 4.98 Å². The molecule has 138 valence electrons. The molecule has 6 heteroatoms. The quantitative estimate of drug-likeness (QED) is 0.604. The SMILES string of the molecule is CCOc1ccc(C(=O)C(C)Nc2nc3c(C)c(C)ccc3s2)cc1.[Br-]. The molecule has 0 saturated carbocycles. The fourth-order valence-electron chi connectivity index (χ4n) is 2.67. The van der Waals surface area contributed by atoms with Gasteiger partial charge in [-0.2, -0.15) is 0 Å². The molecule has 1 heterocycles. The van der Waals surface area contributed by atoms with Gasteiger partial charge in [-0.15, -0.1) is 0 Å². The Bertz CT molecular complexity index is 906. The smallest absolute Gasteiger partial charge is 0.184 e. The van der Waals surface area contributed by atoms with Crippen molar-refractivity contribution >= 4 is 32.5 Å². The number of hydrogen-bond donors (Lipinski definition) is 1. The minimum atomic E-state index is -0.347. The number of Topliss-reactive ketones (excluding diaryl/α,β-unsaturated/α-hetero) is 1. The van der Waals surface area contributed by atoms with E-state index in [1.807, 2.05) is 26.0 Å². The van der Waals surface area contributed by atoms with Crippen LogP contribution < -0.4 is 27.0 Å². The van der Waals surface area contributed by atoms with Crippen molar-refractivity contribution in [3.8, 4) is 5.75 Å². The third kappa shape index (κ3) is 4.24. The average Bonchev–Trinajstić information content (AvgIpc) is 3.02. The van der Waals surface area contributed by atoms with Crippen molar-refractivity contribution in [3.63, 3.8) is 0 Å². The molecule has 0 aliphatic carbocycles. The summed E-state index contributed by atoms with van der Waals surface area (Å²) >= 11 is 1.58. The van der Waals surface area contributed by atoms with Crippen LogP contribution in [-0.2, 0) is 0 Å². The zero-order valence-corrected chi connectivity index (χ0v) is 17.7. The lowest BCUT2D eigenvalue weighted by molar-refractivity contribution is -0.0000132. The second-order valence-corrected chi connectivity index (χ2v) is 7.09. The number of rotatable bonds is 6. The molecular weight excluding hydrogens is 412 g/mol. The van der Waals surface area contributed by atoms with Crippen LogP contribution in [0, 0.1) is 13.8 Å². The summed E-state index contributed by atoms with van der Waals surface area (Å²) in [5, 5.41) is 4.02. The summed E-state index contributed by atoms with van der Waals surface area (Å²) in [5.74, 6) is 0.812. The number of aromatic nitrogens is 1. The van der Waals surface area contributed by atoms with Gasteiger partial charge in [-0.25, -0.2) is 4.98 Å². The monoisotopic (exact) mass is 433 g/mol. The number of ether oxygens (including phenoxy) is 1. The highest BCUT2D eigenvalue weighted by Crippen LogP contribution is 2.30. The minimum Gasteiger partial charge on any atom is -1.00 e. The molecule has 0 radical (unpaired) electrons. The van der Waals surface area contributed by atoms with Crippen LogP contribution in [0.5, 0.6) is 5.75 Å². The molecule has 2 aromatic carbocycles. The Kier molecular flexibility index (Phi) is 6.78. The standard InChI is InChI=1S/C20H22N2O2S.BrH/c1-5-24-16-9-7-15(8-10-16)19(23)14(4)21-20-22-18-13(3)12(2)6-11-17(18)25-20;/h6-11,14H,5H2,1-4H3,(H,21,22);1H/p-1. The number of nitrogens with zero attached hydrogens (tertiary/aromatic N) is 1. The van der Waals surface area contributed by atoms with E-state index in [4.69, 9.17) is 4.74 Å². The number of ketones is 1. The van der Waals surface area contributed by atoms with Crippen molar-refractivity contribution in [2.75, 3.05) is 11.9 Å². The van der Waals surface area contributed by atoms with Crippen molar-refractivity contribution in [2.45, 2.75) is 33.7 Å². The van der Waals surface area contributed by atoms with E-state index in [9.17, 15) is 4.79 Å². The Labute approximate surface area is 168 Å². The van der Waals surface area contributed by atoms with Crippen LogP contribution >= 0.6 is 11.3 Å². The van der Waals surface area contributed by atoms with Crippen LogP contribution in [0.3, 0.4) is 0 Å². The Morgan fingerprint density at radius 2 is 1.88 bits per heavy atom. The predicted octanol–water partition coefficient (Wildman–Crippen LogP) is 2.00. The molecule has 0 spiro atoms. The second kappa shape index (κ2) is 8.64. The highest BCUT2D eigenvalue weighted by molar-refractivity contribution is 7.22. The average molecular weight is 434 g/mol. The van der Waals surface area contributed by atoms with Gasteiger partial charge in [0.05, 0.1) is 22.9 Å². The topological polar surface area (TPSA) is 51.2 Å². The molecule has 0 bridgehead atoms. The first-order valence-electron chi connectivity index (χ1n) is 8.40. The van der Waals surface area contributed by atoms with Gasteiger partial charge >= 0.3 is 0 Å². The van der Waals surface area contributed by atoms with Crippen molar-refractivity contribution < 1.29 is 26.5 Å². The number of nitrogens with one attached hydrogen (secondary N) is 1. The molecule has 3 aromatic rings. The number of carbonyl (C=O) groups excluding carboxylic acids is 1. The molecule has 0 fully saturated rings. The molecule has 0 amide bonds. The number of anilines is 1. The maximum atomic E-state index is 12.6. The largest absolute Gasteiger partial charge is 1.00 e. The third-order valence-electron chi connectivity index (χ3n) is 4.27. The van der Waals surface area contributed by atoms with Crippen LogP contribution in [0.25, 0.3) is 10.2 Å². The lowest BCUT2D eigenvalue weighted by Crippen LogP contribution is -3.00. The summed E-state index contributed by atoms with van der Waals surface area (Å²) in [6, 6.07) is 11.1. The highest BCUT2D eigenvalue weighted by atomic mass is 79.9. The Hall–Kier alpha value is -1.92. The number of benzene rings is 2. The minimum absolute atomic E-state index is 0. The first kappa shape index (κ1) is 20.4. The van der Waals surface area contributed by atoms with Gasteiger partial charge < -0.3 is 27.0 Å². The van der Waals surface area contributed by atoms with E-state index in [1.54, 1.807) is 23.5 Å². The zero-order chi connectivity index (χ0) is 18.0. The van der Waals surface area contributed by atoms with Crippen LogP contribution in [0.2, 0.25) is 0 Å². The number of hydrogen-bond acceptors (Lipinski definition) is 5. The normalized spacial score (nSPS) is 11.7. The number of thiazole rings is 1. The van der Waals surface area contributed by atoms with E-state index < -0.39 is 0 Å². The van der Waals surface area contributed by atoms with Gasteiger partial charge in [-0.1, -0.05) is 17.4 Å². The van der Waals surface area contributed by atoms with Crippen LogP contribution in [0.4, 0.5) is 5.13 Å². The Morgan fingerprint density at radius 3 is 2.54 bits per heavy atom. The molecular formula is C20H22BrN2O2S-.